The molecule has 167 valence electrons. The molecule has 1 unspecified atom stereocenters. The quantitative estimate of drug-likeness (QED) is 0.274. The molecular weight excluding hydrogens is 461 g/mol. The number of hydrogen-bond acceptors (Lipinski definition) is 0. The van der Waals surface area contributed by atoms with Gasteiger partial charge in [0.25, 0.3) is 0 Å². The van der Waals surface area contributed by atoms with Crippen LogP contribution in [0.2, 0.25) is 0 Å². The third kappa shape index (κ3) is 4.51. The van der Waals surface area contributed by atoms with Crippen molar-refractivity contribution in [3.05, 3.63) is 94.5 Å². The van der Waals surface area contributed by atoms with Gasteiger partial charge in [-0.2, -0.15) is 12.5 Å². The van der Waals surface area contributed by atoms with Gasteiger partial charge in [-0.25, -0.2) is 0 Å². The minimum atomic E-state index is -0.0375. The molecule has 0 heterocycles. The molecule has 3 rings (SSSR count). The van der Waals surface area contributed by atoms with Crippen molar-refractivity contribution in [2.75, 3.05) is 0 Å². The van der Waals surface area contributed by atoms with Crippen LogP contribution in [0.4, 0.5) is 0 Å². The Labute approximate surface area is 221 Å². The van der Waals surface area contributed by atoms with Crippen LogP contribution in [0, 0.1) is 26.2 Å². The van der Waals surface area contributed by atoms with E-state index < -0.39 is 0 Å². The molecule has 1 heteroatoms. The second-order valence-corrected chi connectivity index (χ2v) is 9.55. The van der Waals surface area contributed by atoms with E-state index in [-0.39, 0.29) is 38.1 Å². The monoisotopic (exact) mass is 500 g/mol. The van der Waals surface area contributed by atoms with Crippen LogP contribution in [0.1, 0.15) is 81.7 Å². The van der Waals surface area contributed by atoms with Crippen LogP contribution in [0.25, 0.3) is 16.3 Å². The summed E-state index contributed by atoms with van der Waals surface area (Å²) in [4.78, 5) is 0. The summed E-state index contributed by atoms with van der Waals surface area (Å²) in [5.41, 5.74) is 13.2. The molecule has 1 aliphatic rings. The van der Waals surface area contributed by atoms with Crippen LogP contribution in [-0.2, 0) is 39.1 Å². The molecule has 0 fully saturated rings. The first-order valence-electron chi connectivity index (χ1n) is 11.8. The molecule has 0 saturated carbocycles. The van der Waals surface area contributed by atoms with E-state index >= 15 is 0 Å². The predicted octanol–water partition coefficient (Wildman–Crippen LogP) is 9.24. The summed E-state index contributed by atoms with van der Waals surface area (Å²) in [7, 11) is 0. The fourth-order valence-electron chi connectivity index (χ4n) is 5.14. The maximum atomic E-state index is 4.53. The zero-order chi connectivity index (χ0) is 23.1. The Balaban J connectivity index is 0.00000363. The molecule has 0 spiro atoms. The largest absolute Gasteiger partial charge is 0.198 e. The number of hydrogen-bond donors (Lipinski definition) is 0. The van der Waals surface area contributed by atoms with Crippen LogP contribution >= 0.6 is 0 Å². The van der Waals surface area contributed by atoms with Gasteiger partial charge in [0.2, 0.25) is 0 Å². The van der Waals surface area contributed by atoms with Crippen molar-refractivity contribution in [1.82, 2.24) is 0 Å². The zero-order valence-corrected chi connectivity index (χ0v) is 24.2. The minimum Gasteiger partial charge on any atom is -0.198 e. The number of aryl methyl sites for hydroxylation is 2. The first-order chi connectivity index (χ1) is 14.6. The van der Waals surface area contributed by atoms with Gasteiger partial charge in [0.15, 0.2) is 0 Å². The van der Waals surface area contributed by atoms with E-state index in [2.05, 4.69) is 92.8 Å². The van der Waals surface area contributed by atoms with Crippen molar-refractivity contribution in [1.29, 1.82) is 0 Å². The van der Waals surface area contributed by atoms with Crippen molar-refractivity contribution in [3.63, 3.8) is 0 Å². The molecule has 0 aromatic heterocycles. The number of benzene rings is 2. The maximum Gasteiger partial charge on any atom is 0.0128 e. The molecule has 1 radical (unpaired) electrons. The van der Waals surface area contributed by atoms with Gasteiger partial charge >= 0.3 is 0 Å². The average molecular weight is 501 g/mol. The second-order valence-electron chi connectivity index (χ2n) is 9.55. The summed E-state index contributed by atoms with van der Waals surface area (Å²) in [6.07, 6.45) is 6.40. The van der Waals surface area contributed by atoms with Crippen molar-refractivity contribution < 1.29 is 32.7 Å². The van der Waals surface area contributed by atoms with Crippen molar-refractivity contribution in [3.8, 4) is 0 Å². The Bertz CT molecular complexity index is 1140. The molecule has 2 aromatic rings. The van der Waals surface area contributed by atoms with Crippen LogP contribution in [-0.4, -0.2) is 0 Å². The standard InChI is InChI=1S/C31H39.Y/c1-11-26-22(8)15-25(18-30(26)31(10,13-3)19(4)5)29-17-24-14-20(6)21(7)16-28(24)23(9)27(29)12-2;/h14,16-18H,4,8-9,11-13,15H2,1-3,5-7,10H3;/q-1;. The third-order valence-electron chi connectivity index (χ3n) is 7.75. The zero-order valence-electron chi connectivity index (χ0n) is 21.3. The van der Waals surface area contributed by atoms with Crippen molar-refractivity contribution in [2.24, 2.45) is 5.41 Å². The molecule has 0 nitrogen and oxygen atoms in total. The summed E-state index contributed by atoms with van der Waals surface area (Å²) in [5.74, 6) is 0. The number of rotatable bonds is 6. The second kappa shape index (κ2) is 10.3. The summed E-state index contributed by atoms with van der Waals surface area (Å²) in [6, 6.07) is 7.02. The van der Waals surface area contributed by atoms with E-state index in [1.165, 1.54) is 66.5 Å². The van der Waals surface area contributed by atoms with E-state index in [0.29, 0.717) is 0 Å². The van der Waals surface area contributed by atoms with Gasteiger partial charge in [0.05, 0.1) is 0 Å². The van der Waals surface area contributed by atoms with E-state index in [4.69, 9.17) is 0 Å². The van der Waals surface area contributed by atoms with Gasteiger partial charge in [-0.1, -0.05) is 87.6 Å². The van der Waals surface area contributed by atoms with E-state index in [0.717, 1.165) is 25.7 Å². The van der Waals surface area contributed by atoms with Gasteiger partial charge in [0.1, 0.15) is 0 Å². The molecule has 32 heavy (non-hydrogen) atoms. The van der Waals surface area contributed by atoms with Crippen molar-refractivity contribution in [2.45, 2.75) is 74.1 Å². The van der Waals surface area contributed by atoms with Gasteiger partial charge in [-0.05, 0) is 67.9 Å². The minimum absolute atomic E-state index is 0. The fourth-order valence-corrected chi connectivity index (χ4v) is 5.14. The van der Waals surface area contributed by atoms with E-state index in [1.54, 1.807) is 0 Å². The smallest absolute Gasteiger partial charge is 0.0128 e. The number of allylic oxidation sites excluding steroid dienone is 6. The summed E-state index contributed by atoms with van der Waals surface area (Å²) >= 11 is 0. The SMILES string of the molecule is C=C1CC(c2cc3cc(C)c(C)cc3c([CH2-])c2CC)=CC(C(C)(CC)C(=C)C)=C1CC.[Y]. The molecule has 0 saturated heterocycles. The van der Waals surface area contributed by atoms with Crippen LogP contribution < -0.4 is 0 Å². The topological polar surface area (TPSA) is 0 Å². The van der Waals surface area contributed by atoms with Gasteiger partial charge in [-0.3, -0.25) is 0 Å². The molecule has 0 N–H and O–H groups in total. The summed E-state index contributed by atoms with van der Waals surface area (Å²) in [6.45, 7) is 29.1. The van der Waals surface area contributed by atoms with E-state index in [1.807, 2.05) is 0 Å². The average Bonchev–Trinajstić information content (AvgIpc) is 2.73. The third-order valence-corrected chi connectivity index (χ3v) is 7.75. The first-order valence-corrected chi connectivity index (χ1v) is 11.8. The van der Waals surface area contributed by atoms with E-state index in [9.17, 15) is 0 Å². The molecular formula is C31H39Y-. The Kier molecular flexibility index (Phi) is 8.63. The van der Waals surface area contributed by atoms with Gasteiger partial charge < -0.3 is 0 Å². The predicted molar refractivity (Wildman–Crippen MR) is 140 cm³/mol. The Morgan fingerprint density at radius 1 is 1.06 bits per heavy atom. The molecule has 0 bridgehead atoms. The molecule has 1 aliphatic carbocycles. The first kappa shape index (κ1) is 26.9. The van der Waals surface area contributed by atoms with Crippen LogP contribution in [0.3, 0.4) is 0 Å². The van der Waals surface area contributed by atoms with Gasteiger partial charge in [0, 0.05) is 38.1 Å². The molecule has 1 atom stereocenters. The van der Waals surface area contributed by atoms with Crippen LogP contribution in [0.15, 0.2) is 59.7 Å². The molecule has 0 amide bonds. The molecule has 2 aromatic carbocycles. The Morgan fingerprint density at radius 3 is 2.22 bits per heavy atom. The molecule has 0 aliphatic heterocycles. The maximum absolute atomic E-state index is 4.53. The normalized spacial score (nSPS) is 16.0. The van der Waals surface area contributed by atoms with Crippen molar-refractivity contribution >= 4 is 16.3 Å². The summed E-state index contributed by atoms with van der Waals surface area (Å²) < 4.78 is 0. The number of fused-ring (bicyclic) bond motifs is 1. The van der Waals surface area contributed by atoms with Gasteiger partial charge in [-0.15, -0.1) is 17.0 Å². The Hall–Kier alpha value is -1.37. The Morgan fingerprint density at radius 2 is 1.69 bits per heavy atom. The summed E-state index contributed by atoms with van der Waals surface area (Å²) in [5, 5.41) is 2.57. The van der Waals surface area contributed by atoms with Crippen LogP contribution in [0.5, 0.6) is 0 Å². The fraction of sp³-hybridized carbons (Fsp3) is 0.387.